The first kappa shape index (κ1) is 22.0. The van der Waals surface area contributed by atoms with Crippen molar-refractivity contribution >= 4 is 39.6 Å². The molecule has 7 nitrogen and oxygen atoms in total. The minimum absolute atomic E-state index is 0.403. The molecular formula is C21H22BrN5O2S. The topological polar surface area (TPSA) is 88.9 Å². The molecule has 1 unspecified atom stereocenters. The van der Waals surface area contributed by atoms with Crippen LogP contribution in [0.25, 0.3) is 17.1 Å². The van der Waals surface area contributed by atoms with Crippen LogP contribution in [0.1, 0.15) is 18.1 Å². The molecule has 0 aliphatic rings. The molecule has 156 valence electrons. The zero-order chi connectivity index (χ0) is 21.8. The van der Waals surface area contributed by atoms with Gasteiger partial charge in [-0.2, -0.15) is 0 Å². The number of halogens is 1. The van der Waals surface area contributed by atoms with Gasteiger partial charge in [0.25, 0.3) is 0 Å². The van der Waals surface area contributed by atoms with E-state index in [0.717, 1.165) is 26.9 Å². The van der Waals surface area contributed by atoms with Crippen molar-refractivity contribution in [3.8, 4) is 17.1 Å². The van der Waals surface area contributed by atoms with E-state index in [2.05, 4.69) is 55.0 Å². The van der Waals surface area contributed by atoms with Gasteiger partial charge in [-0.05, 0) is 56.2 Å². The monoisotopic (exact) mass is 487 g/mol. The number of carbonyl (C=O) groups is 2. The molecule has 0 saturated heterocycles. The Balaban J connectivity index is 2.04. The molecule has 2 aromatic carbocycles. The van der Waals surface area contributed by atoms with Gasteiger partial charge in [-0.25, -0.2) is 4.79 Å². The van der Waals surface area contributed by atoms with Gasteiger partial charge in [0.15, 0.2) is 11.0 Å². The summed E-state index contributed by atoms with van der Waals surface area (Å²) in [5, 5.41) is 13.5. The highest BCUT2D eigenvalue weighted by Crippen LogP contribution is 2.31. The maximum Gasteiger partial charge on any atom is 0.321 e. The first-order valence-corrected chi connectivity index (χ1v) is 10.9. The quantitative estimate of drug-likeness (QED) is 0.525. The van der Waals surface area contributed by atoms with Crippen molar-refractivity contribution in [1.82, 2.24) is 25.4 Å². The van der Waals surface area contributed by atoms with E-state index in [4.69, 9.17) is 0 Å². The van der Waals surface area contributed by atoms with Crippen LogP contribution in [0.3, 0.4) is 0 Å². The maximum atomic E-state index is 12.3. The van der Waals surface area contributed by atoms with E-state index >= 15 is 0 Å². The summed E-state index contributed by atoms with van der Waals surface area (Å²) < 4.78 is 2.91. The summed E-state index contributed by atoms with van der Waals surface area (Å²) in [6.07, 6.45) is 0. The summed E-state index contributed by atoms with van der Waals surface area (Å²) >= 11 is 4.70. The Hall–Kier alpha value is -2.65. The van der Waals surface area contributed by atoms with Crippen molar-refractivity contribution in [1.29, 1.82) is 0 Å². The summed E-state index contributed by atoms with van der Waals surface area (Å²) in [6, 6.07) is 13.5. The van der Waals surface area contributed by atoms with Crippen LogP contribution >= 0.6 is 27.7 Å². The van der Waals surface area contributed by atoms with E-state index in [1.54, 1.807) is 6.92 Å². The smallest absolute Gasteiger partial charge is 0.321 e. The van der Waals surface area contributed by atoms with E-state index in [0.29, 0.717) is 11.0 Å². The summed E-state index contributed by atoms with van der Waals surface area (Å²) in [5.74, 6) is 0.272. The summed E-state index contributed by atoms with van der Waals surface area (Å²) in [7, 11) is 1.46. The first-order valence-electron chi connectivity index (χ1n) is 9.27. The van der Waals surface area contributed by atoms with Crippen LogP contribution in [0.2, 0.25) is 0 Å². The molecule has 0 spiro atoms. The van der Waals surface area contributed by atoms with Crippen LogP contribution in [-0.4, -0.2) is 39.0 Å². The fourth-order valence-corrected chi connectivity index (χ4v) is 4.06. The largest absolute Gasteiger partial charge is 0.341 e. The molecule has 0 radical (unpaired) electrons. The van der Waals surface area contributed by atoms with Gasteiger partial charge in [-0.15, -0.1) is 10.2 Å². The maximum absolute atomic E-state index is 12.3. The summed E-state index contributed by atoms with van der Waals surface area (Å²) in [4.78, 5) is 23.8. The molecule has 9 heteroatoms. The normalized spacial score (nSPS) is 11.8. The molecule has 0 aliphatic heterocycles. The average molecular weight is 488 g/mol. The number of aryl methyl sites for hydroxylation is 2. The predicted molar refractivity (Wildman–Crippen MR) is 122 cm³/mol. The molecular weight excluding hydrogens is 466 g/mol. The molecule has 3 aromatic rings. The minimum atomic E-state index is -0.547. The standard InChI is InChI=1S/C21H22BrN5O2S/c1-12-9-13(2)11-17(10-12)27-18(15-5-7-16(22)8-6-15)25-26-21(27)30-14(3)19(28)24-20(29)23-4/h5-11,14H,1-4H3,(H2,23,24,28,29). The third-order valence-corrected chi connectivity index (χ3v) is 5.89. The van der Waals surface area contributed by atoms with Crippen molar-refractivity contribution in [3.05, 3.63) is 58.1 Å². The van der Waals surface area contributed by atoms with Crippen LogP contribution in [-0.2, 0) is 4.79 Å². The summed E-state index contributed by atoms with van der Waals surface area (Å²) in [6.45, 7) is 5.79. The number of imide groups is 1. The number of carbonyl (C=O) groups excluding carboxylic acids is 2. The van der Waals surface area contributed by atoms with Gasteiger partial charge in [-0.3, -0.25) is 14.7 Å². The number of benzene rings is 2. The van der Waals surface area contributed by atoms with Crippen molar-refractivity contribution < 1.29 is 9.59 Å². The predicted octanol–water partition coefficient (Wildman–Crippen LogP) is 4.25. The Bertz CT molecular complexity index is 1060. The molecule has 1 heterocycles. The SMILES string of the molecule is CNC(=O)NC(=O)C(C)Sc1nnc(-c2ccc(Br)cc2)n1-c1cc(C)cc(C)c1. The number of nitrogens with one attached hydrogen (secondary N) is 2. The van der Waals surface area contributed by atoms with Crippen molar-refractivity contribution in [2.24, 2.45) is 0 Å². The number of nitrogens with zero attached hydrogens (tertiary/aromatic N) is 3. The highest BCUT2D eigenvalue weighted by molar-refractivity contribution is 9.10. The van der Waals surface area contributed by atoms with Gasteiger partial charge in [0.2, 0.25) is 5.91 Å². The van der Waals surface area contributed by atoms with Gasteiger partial charge >= 0.3 is 6.03 Å². The lowest BCUT2D eigenvalue weighted by Crippen LogP contribution is -2.41. The first-order chi connectivity index (χ1) is 14.3. The van der Waals surface area contributed by atoms with E-state index < -0.39 is 17.2 Å². The van der Waals surface area contributed by atoms with E-state index in [-0.39, 0.29) is 0 Å². The van der Waals surface area contributed by atoms with Crippen molar-refractivity contribution in [2.75, 3.05) is 7.05 Å². The number of rotatable bonds is 5. The van der Waals surface area contributed by atoms with Gasteiger partial charge in [0.05, 0.1) is 10.9 Å². The molecule has 0 bridgehead atoms. The molecule has 1 atom stereocenters. The highest BCUT2D eigenvalue weighted by atomic mass is 79.9. The Morgan fingerprint density at radius 2 is 1.70 bits per heavy atom. The lowest BCUT2D eigenvalue weighted by atomic mass is 10.1. The van der Waals surface area contributed by atoms with Gasteiger partial charge < -0.3 is 5.32 Å². The zero-order valence-corrected chi connectivity index (χ0v) is 19.5. The third-order valence-electron chi connectivity index (χ3n) is 4.32. The molecule has 3 amide bonds. The number of aromatic nitrogens is 3. The Morgan fingerprint density at radius 1 is 1.07 bits per heavy atom. The Morgan fingerprint density at radius 3 is 2.30 bits per heavy atom. The van der Waals surface area contributed by atoms with E-state index in [1.165, 1.54) is 18.8 Å². The Kier molecular flexibility index (Phi) is 6.94. The summed E-state index contributed by atoms with van der Waals surface area (Å²) in [5.41, 5.74) is 4.04. The van der Waals surface area contributed by atoms with Crippen LogP contribution in [0.15, 0.2) is 52.1 Å². The minimum Gasteiger partial charge on any atom is -0.341 e. The van der Waals surface area contributed by atoms with Crippen molar-refractivity contribution in [3.63, 3.8) is 0 Å². The third kappa shape index (κ3) is 5.09. The second-order valence-corrected chi connectivity index (χ2v) is 9.05. The van der Waals surface area contributed by atoms with Gasteiger partial charge in [0.1, 0.15) is 0 Å². The molecule has 1 aromatic heterocycles. The fraction of sp³-hybridized carbons (Fsp3) is 0.238. The van der Waals surface area contributed by atoms with Crippen LogP contribution in [0.4, 0.5) is 4.79 Å². The highest BCUT2D eigenvalue weighted by Gasteiger charge is 2.23. The van der Waals surface area contributed by atoms with Crippen LogP contribution in [0.5, 0.6) is 0 Å². The molecule has 0 fully saturated rings. The molecule has 0 saturated carbocycles. The van der Waals surface area contributed by atoms with Gasteiger partial charge in [-0.1, -0.05) is 45.9 Å². The lowest BCUT2D eigenvalue weighted by Gasteiger charge is -2.14. The van der Waals surface area contributed by atoms with Crippen LogP contribution in [0, 0.1) is 13.8 Å². The number of amides is 3. The molecule has 0 aliphatic carbocycles. The fourth-order valence-electron chi connectivity index (χ4n) is 2.93. The number of urea groups is 1. The molecule has 2 N–H and O–H groups in total. The molecule has 30 heavy (non-hydrogen) atoms. The second kappa shape index (κ2) is 9.44. The van der Waals surface area contributed by atoms with Gasteiger partial charge in [0, 0.05) is 17.1 Å². The van der Waals surface area contributed by atoms with E-state index in [9.17, 15) is 9.59 Å². The van der Waals surface area contributed by atoms with Crippen LogP contribution < -0.4 is 10.6 Å². The number of hydrogen-bond donors (Lipinski definition) is 2. The van der Waals surface area contributed by atoms with E-state index in [1.807, 2.05) is 42.7 Å². The Labute approximate surface area is 187 Å². The zero-order valence-electron chi connectivity index (χ0n) is 17.1. The average Bonchev–Trinajstić information content (AvgIpc) is 3.11. The number of hydrogen-bond acceptors (Lipinski definition) is 5. The van der Waals surface area contributed by atoms with Crippen molar-refractivity contribution in [2.45, 2.75) is 31.2 Å². The number of thioether (sulfide) groups is 1. The lowest BCUT2D eigenvalue weighted by molar-refractivity contribution is -0.119. The molecule has 3 rings (SSSR count). The second-order valence-electron chi connectivity index (χ2n) is 6.82.